The van der Waals surface area contributed by atoms with Gasteiger partial charge in [0.25, 0.3) is 0 Å². The van der Waals surface area contributed by atoms with Crippen LogP contribution in [0, 0.1) is 45.2 Å². The fourth-order valence-corrected chi connectivity index (χ4v) is 3.74. The normalized spacial score (nSPS) is 21.4. The molecule has 1 aromatic rings. The molecule has 6 heteroatoms. The number of carbonyl (C=O) groups is 1. The molecule has 2 nitrogen and oxygen atoms in total. The molecule has 0 saturated heterocycles. The molecule has 0 aromatic heterocycles. The molecule has 0 N–H and O–H groups in total. The fraction of sp³-hybridized carbons (Fsp3) is 0.500. The lowest BCUT2D eigenvalue weighted by Crippen LogP contribution is -2.13. The molecule has 0 unspecified atom stereocenters. The van der Waals surface area contributed by atoms with Crippen LogP contribution in [0.4, 0.5) is 13.2 Å². The lowest BCUT2D eigenvalue weighted by Gasteiger charge is -2.12. The lowest BCUT2D eigenvalue weighted by atomic mass is 10.1. The van der Waals surface area contributed by atoms with E-state index in [1.807, 2.05) is 33.8 Å². The van der Waals surface area contributed by atoms with E-state index in [-0.39, 0.29) is 31.9 Å². The summed E-state index contributed by atoms with van der Waals surface area (Å²) in [7, 11) is 0. The van der Waals surface area contributed by atoms with Crippen molar-refractivity contribution in [1.29, 1.82) is 0 Å². The molecule has 0 bridgehead atoms. The van der Waals surface area contributed by atoms with Crippen LogP contribution < -0.4 is 0 Å². The lowest BCUT2D eigenvalue weighted by molar-refractivity contribution is -0.147. The molecule has 2 rings (SSSR count). The molecule has 1 fully saturated rings. The fourth-order valence-electron chi connectivity index (χ4n) is 2.94. The Kier molecular flexibility index (Phi) is 5.37. The van der Waals surface area contributed by atoms with Gasteiger partial charge in [0.1, 0.15) is 12.4 Å². The van der Waals surface area contributed by atoms with Crippen molar-refractivity contribution in [2.75, 3.05) is 0 Å². The van der Waals surface area contributed by atoms with Gasteiger partial charge in [-0.1, -0.05) is 25.5 Å². The van der Waals surface area contributed by atoms with Gasteiger partial charge in [0.2, 0.25) is 0 Å². The molecule has 132 valence electrons. The highest BCUT2D eigenvalue weighted by molar-refractivity contribution is 14.1. The number of hydrogen-bond donors (Lipinski definition) is 0. The first-order valence-corrected chi connectivity index (χ1v) is 8.71. The molecule has 0 heterocycles. The molecular formula is C18H20F3IO2. The molecule has 24 heavy (non-hydrogen) atoms. The zero-order valence-electron chi connectivity index (χ0n) is 14.3. The number of allylic oxidation sites excluding steroid dienone is 2. The van der Waals surface area contributed by atoms with Crippen LogP contribution in [0.2, 0.25) is 0 Å². The number of rotatable bonds is 4. The Morgan fingerprint density at radius 1 is 1.21 bits per heavy atom. The third-order valence-corrected chi connectivity index (χ3v) is 5.73. The monoisotopic (exact) mass is 452 g/mol. The van der Waals surface area contributed by atoms with Crippen LogP contribution in [0.3, 0.4) is 0 Å². The van der Waals surface area contributed by atoms with Crippen molar-refractivity contribution in [1.82, 2.24) is 0 Å². The average molecular weight is 452 g/mol. The third-order valence-electron chi connectivity index (χ3n) is 4.61. The summed E-state index contributed by atoms with van der Waals surface area (Å²) in [6.07, 6.45) is 2.02. The summed E-state index contributed by atoms with van der Waals surface area (Å²) in [5, 5.41) is 0. The molecule has 1 aromatic carbocycles. The maximum atomic E-state index is 14.0. The first-order chi connectivity index (χ1) is 11.0. The second kappa shape index (κ2) is 6.69. The Morgan fingerprint density at radius 2 is 1.79 bits per heavy atom. The molecule has 0 spiro atoms. The maximum absolute atomic E-state index is 14.0. The largest absolute Gasteiger partial charge is 0.460 e. The summed E-state index contributed by atoms with van der Waals surface area (Å²) in [5.74, 6) is -3.97. The third kappa shape index (κ3) is 3.34. The van der Waals surface area contributed by atoms with Crippen molar-refractivity contribution in [3.8, 4) is 0 Å². The smallest absolute Gasteiger partial charge is 0.310 e. The van der Waals surface area contributed by atoms with Crippen molar-refractivity contribution < 1.29 is 22.7 Å². The maximum Gasteiger partial charge on any atom is 0.310 e. The zero-order chi connectivity index (χ0) is 18.4. The van der Waals surface area contributed by atoms with Gasteiger partial charge in [-0.2, -0.15) is 0 Å². The number of ether oxygens (including phenoxy) is 1. The highest BCUT2D eigenvalue weighted by Gasteiger charge is 2.61. The van der Waals surface area contributed by atoms with Gasteiger partial charge < -0.3 is 4.74 Å². The summed E-state index contributed by atoms with van der Waals surface area (Å²) in [6, 6.07) is 0. The molecule has 0 aliphatic heterocycles. The molecule has 1 aliphatic rings. The van der Waals surface area contributed by atoms with Crippen LogP contribution in [0.5, 0.6) is 0 Å². The molecule has 0 radical (unpaired) electrons. The Hall–Kier alpha value is -1.05. The minimum Gasteiger partial charge on any atom is -0.460 e. The Bertz CT molecular complexity index is 692. The number of halogens is 4. The molecule has 1 saturated carbocycles. The number of carbonyl (C=O) groups excluding carboxylic acids is 1. The Labute approximate surface area is 153 Å². The van der Waals surface area contributed by atoms with Gasteiger partial charge >= 0.3 is 5.97 Å². The standard InChI is InChI=1S/C18H20F3IO2/c1-8(2)6-11-12(18(11,4)5)17(23)24-7-10-15(21)13(19)9(3)14(20)16(10)22/h6,11-12H,7H2,1-5H3/t11-,12+/m1/s1. The summed E-state index contributed by atoms with van der Waals surface area (Å²) in [4.78, 5) is 12.3. The average Bonchev–Trinajstić information content (AvgIpc) is 3.02. The molecule has 1 aliphatic carbocycles. The van der Waals surface area contributed by atoms with Gasteiger partial charge in [0.15, 0.2) is 11.6 Å². The minimum absolute atomic E-state index is 0.0606. The highest BCUT2D eigenvalue weighted by atomic mass is 127. The minimum atomic E-state index is -1.24. The first-order valence-electron chi connectivity index (χ1n) is 7.63. The number of esters is 1. The molecule has 0 amide bonds. The summed E-state index contributed by atoms with van der Waals surface area (Å²) in [6.45, 7) is 8.50. The van der Waals surface area contributed by atoms with Gasteiger partial charge in [0, 0.05) is 11.1 Å². The number of benzene rings is 1. The quantitative estimate of drug-likeness (QED) is 0.268. The summed E-state index contributed by atoms with van der Waals surface area (Å²) < 4.78 is 46.7. The van der Waals surface area contributed by atoms with Gasteiger partial charge in [-0.05, 0) is 54.7 Å². The predicted molar refractivity (Wildman–Crippen MR) is 93.8 cm³/mol. The van der Waals surface area contributed by atoms with Crippen molar-refractivity contribution in [2.24, 2.45) is 17.3 Å². The van der Waals surface area contributed by atoms with E-state index < -0.39 is 30.0 Å². The highest BCUT2D eigenvalue weighted by Crippen LogP contribution is 2.59. The van der Waals surface area contributed by atoms with E-state index in [2.05, 4.69) is 0 Å². The predicted octanol–water partition coefficient (Wildman–Crippen LogP) is 5.30. The van der Waals surface area contributed by atoms with Gasteiger partial charge in [-0.25, -0.2) is 13.2 Å². The van der Waals surface area contributed by atoms with Crippen LogP contribution in [-0.2, 0) is 16.1 Å². The van der Waals surface area contributed by atoms with E-state index in [0.29, 0.717) is 0 Å². The van der Waals surface area contributed by atoms with Crippen LogP contribution in [0.25, 0.3) is 0 Å². The van der Waals surface area contributed by atoms with Gasteiger partial charge in [-0.3, -0.25) is 4.79 Å². The SMILES string of the molecule is CC(C)=C[C@@H]1[C@@H](C(=O)OCc2c(F)c(F)c(C)c(F)c2I)C1(C)C. The topological polar surface area (TPSA) is 26.3 Å². The van der Waals surface area contributed by atoms with E-state index >= 15 is 0 Å². The van der Waals surface area contributed by atoms with Crippen LogP contribution in [0.1, 0.15) is 38.8 Å². The zero-order valence-corrected chi connectivity index (χ0v) is 16.4. The van der Waals surface area contributed by atoms with Crippen LogP contribution in [-0.4, -0.2) is 5.97 Å². The van der Waals surface area contributed by atoms with Crippen molar-refractivity contribution in [3.63, 3.8) is 0 Å². The first kappa shape index (κ1) is 19.3. The van der Waals surface area contributed by atoms with E-state index in [9.17, 15) is 18.0 Å². The number of hydrogen-bond acceptors (Lipinski definition) is 2. The Morgan fingerprint density at radius 3 is 2.33 bits per heavy atom. The van der Waals surface area contributed by atoms with Crippen molar-refractivity contribution in [3.05, 3.63) is 43.8 Å². The second-order valence-electron chi connectivity index (χ2n) is 7.04. The van der Waals surface area contributed by atoms with Crippen LogP contribution in [0.15, 0.2) is 11.6 Å². The summed E-state index contributed by atoms with van der Waals surface area (Å²) in [5.41, 5.74) is 0.233. The van der Waals surface area contributed by atoms with Crippen LogP contribution >= 0.6 is 22.6 Å². The van der Waals surface area contributed by atoms with Crippen molar-refractivity contribution in [2.45, 2.75) is 41.2 Å². The van der Waals surface area contributed by atoms with E-state index in [1.165, 1.54) is 6.92 Å². The van der Waals surface area contributed by atoms with Crippen molar-refractivity contribution >= 4 is 28.6 Å². The van der Waals surface area contributed by atoms with E-state index in [4.69, 9.17) is 4.74 Å². The van der Waals surface area contributed by atoms with Gasteiger partial charge in [-0.15, -0.1) is 0 Å². The molecule has 2 atom stereocenters. The second-order valence-corrected chi connectivity index (χ2v) is 8.11. The summed E-state index contributed by atoms with van der Waals surface area (Å²) >= 11 is 1.60. The van der Waals surface area contributed by atoms with Gasteiger partial charge in [0.05, 0.1) is 9.49 Å². The molecular weight excluding hydrogens is 432 g/mol. The van der Waals surface area contributed by atoms with E-state index in [1.54, 1.807) is 22.6 Å². The Balaban J connectivity index is 2.16. The van der Waals surface area contributed by atoms with E-state index in [0.717, 1.165) is 5.57 Å².